The molecule has 0 atom stereocenters. The number of fused-ring (bicyclic) bond motifs is 2. The average Bonchev–Trinajstić information content (AvgIpc) is 2.45. The number of amides is 1. The van der Waals surface area contributed by atoms with Gasteiger partial charge < -0.3 is 10.1 Å². The number of carbonyl (C=O) groups excluding carboxylic acids is 1. The first-order chi connectivity index (χ1) is 7.84. The summed E-state index contributed by atoms with van der Waals surface area (Å²) in [6.07, 6.45) is 1.62. The van der Waals surface area contributed by atoms with Crippen LogP contribution in [0, 0.1) is 0 Å². The second-order valence-electron chi connectivity index (χ2n) is 3.41. The van der Waals surface area contributed by atoms with E-state index in [1.807, 2.05) is 6.07 Å². The fourth-order valence-electron chi connectivity index (χ4n) is 1.60. The molecule has 4 heteroatoms. The Balaban J connectivity index is 2.18. The van der Waals surface area contributed by atoms with E-state index in [9.17, 15) is 4.79 Å². The third-order valence-electron chi connectivity index (χ3n) is 2.36. The van der Waals surface area contributed by atoms with Gasteiger partial charge in [0.1, 0.15) is 11.4 Å². The van der Waals surface area contributed by atoms with Crippen molar-refractivity contribution in [1.29, 1.82) is 0 Å². The van der Waals surface area contributed by atoms with Crippen molar-refractivity contribution in [1.82, 2.24) is 4.98 Å². The molecular formula is C12H8N2O2. The van der Waals surface area contributed by atoms with Crippen LogP contribution < -0.4 is 10.1 Å². The van der Waals surface area contributed by atoms with Gasteiger partial charge in [0.25, 0.3) is 5.91 Å². The molecule has 1 aromatic carbocycles. The van der Waals surface area contributed by atoms with E-state index < -0.39 is 0 Å². The Labute approximate surface area is 91.9 Å². The van der Waals surface area contributed by atoms with Crippen molar-refractivity contribution in [2.24, 2.45) is 0 Å². The van der Waals surface area contributed by atoms with Gasteiger partial charge in [0, 0.05) is 6.20 Å². The van der Waals surface area contributed by atoms with Gasteiger partial charge in [-0.2, -0.15) is 0 Å². The van der Waals surface area contributed by atoms with Crippen LogP contribution in [0.15, 0.2) is 42.6 Å². The molecule has 1 aliphatic heterocycles. The number of anilines is 1. The minimum Gasteiger partial charge on any atom is -0.436 e. The number of nitrogens with one attached hydrogen (secondary N) is 1. The number of rotatable bonds is 0. The Morgan fingerprint density at radius 2 is 2.00 bits per heavy atom. The highest BCUT2D eigenvalue weighted by atomic mass is 16.5. The van der Waals surface area contributed by atoms with Crippen LogP contribution in [0.1, 0.15) is 10.4 Å². The van der Waals surface area contributed by atoms with Gasteiger partial charge in [-0.3, -0.25) is 4.79 Å². The molecular weight excluding hydrogens is 204 g/mol. The Morgan fingerprint density at radius 3 is 2.94 bits per heavy atom. The lowest BCUT2D eigenvalue weighted by Gasteiger charge is -2.04. The molecule has 2 heterocycles. The number of benzene rings is 1. The smallest absolute Gasteiger partial charge is 0.259 e. The van der Waals surface area contributed by atoms with Gasteiger partial charge in [0.2, 0.25) is 5.88 Å². The number of carbonyl (C=O) groups is 1. The molecule has 16 heavy (non-hydrogen) atoms. The maximum absolute atomic E-state index is 11.8. The molecule has 0 saturated carbocycles. The van der Waals surface area contributed by atoms with Gasteiger partial charge in [-0.25, -0.2) is 4.98 Å². The Hall–Kier alpha value is -2.36. The van der Waals surface area contributed by atoms with Crippen molar-refractivity contribution < 1.29 is 9.53 Å². The van der Waals surface area contributed by atoms with Crippen LogP contribution in [-0.4, -0.2) is 10.9 Å². The van der Waals surface area contributed by atoms with Crippen molar-refractivity contribution in [2.45, 2.75) is 0 Å². The summed E-state index contributed by atoms with van der Waals surface area (Å²) < 4.78 is 5.58. The minimum absolute atomic E-state index is 0.178. The molecule has 78 valence electrons. The lowest BCUT2D eigenvalue weighted by molar-refractivity contribution is 0.102. The number of para-hydroxylation sites is 1. The third kappa shape index (κ3) is 1.32. The zero-order valence-electron chi connectivity index (χ0n) is 8.31. The number of nitrogens with zero attached hydrogens (tertiary/aromatic N) is 1. The standard InChI is InChI=1S/C12H8N2O2/c15-11-8-4-1-2-6-10(8)16-12-9(14-11)5-3-7-13-12/h1-7H,(H,14,15). The Bertz CT molecular complexity index is 566. The number of hydrogen-bond acceptors (Lipinski definition) is 3. The molecule has 1 aliphatic rings. The summed E-state index contributed by atoms with van der Waals surface area (Å²) in [5, 5.41) is 2.75. The highest BCUT2D eigenvalue weighted by Crippen LogP contribution is 2.32. The molecule has 0 aliphatic carbocycles. The molecule has 1 N–H and O–H groups in total. The Morgan fingerprint density at radius 1 is 1.12 bits per heavy atom. The summed E-state index contributed by atoms with van der Waals surface area (Å²) in [7, 11) is 0. The van der Waals surface area contributed by atoms with Crippen molar-refractivity contribution in [3.8, 4) is 11.6 Å². The lowest BCUT2D eigenvalue weighted by Crippen LogP contribution is -2.10. The van der Waals surface area contributed by atoms with Crippen LogP contribution in [0.2, 0.25) is 0 Å². The summed E-state index contributed by atoms with van der Waals surface area (Å²) in [6, 6.07) is 10.6. The van der Waals surface area contributed by atoms with E-state index in [1.54, 1.807) is 36.5 Å². The quantitative estimate of drug-likeness (QED) is 0.729. The topological polar surface area (TPSA) is 51.2 Å². The zero-order valence-corrected chi connectivity index (χ0v) is 8.31. The SMILES string of the molecule is O=C1Nc2cccnc2Oc2ccccc21. The molecule has 2 aromatic rings. The molecule has 3 rings (SSSR count). The maximum atomic E-state index is 11.8. The highest BCUT2D eigenvalue weighted by molar-refractivity contribution is 6.07. The maximum Gasteiger partial charge on any atom is 0.259 e. The molecule has 0 bridgehead atoms. The van der Waals surface area contributed by atoms with E-state index in [1.165, 1.54) is 0 Å². The van der Waals surface area contributed by atoms with E-state index in [4.69, 9.17) is 4.74 Å². The number of hydrogen-bond donors (Lipinski definition) is 1. The number of pyridine rings is 1. The molecule has 0 unspecified atom stereocenters. The molecule has 4 nitrogen and oxygen atoms in total. The predicted molar refractivity (Wildman–Crippen MR) is 58.7 cm³/mol. The third-order valence-corrected chi connectivity index (χ3v) is 2.36. The largest absolute Gasteiger partial charge is 0.436 e. The average molecular weight is 212 g/mol. The fourth-order valence-corrected chi connectivity index (χ4v) is 1.60. The van der Waals surface area contributed by atoms with Gasteiger partial charge in [-0.1, -0.05) is 12.1 Å². The van der Waals surface area contributed by atoms with Gasteiger partial charge in [-0.05, 0) is 24.3 Å². The van der Waals surface area contributed by atoms with Crippen molar-refractivity contribution in [2.75, 3.05) is 5.32 Å². The highest BCUT2D eigenvalue weighted by Gasteiger charge is 2.20. The zero-order chi connectivity index (χ0) is 11.0. The van der Waals surface area contributed by atoms with Gasteiger partial charge in [0.05, 0.1) is 5.56 Å². The van der Waals surface area contributed by atoms with E-state index in [0.29, 0.717) is 22.9 Å². The van der Waals surface area contributed by atoms with E-state index in [0.717, 1.165) is 0 Å². The van der Waals surface area contributed by atoms with E-state index in [2.05, 4.69) is 10.3 Å². The van der Waals surface area contributed by atoms with E-state index >= 15 is 0 Å². The molecule has 1 aromatic heterocycles. The summed E-state index contributed by atoms with van der Waals surface area (Å²) in [5.74, 6) is 0.764. The van der Waals surface area contributed by atoms with Crippen LogP contribution in [0.5, 0.6) is 11.6 Å². The predicted octanol–water partition coefficient (Wildman–Crippen LogP) is 2.44. The van der Waals surface area contributed by atoms with Crippen molar-refractivity contribution in [3.05, 3.63) is 48.2 Å². The van der Waals surface area contributed by atoms with Crippen LogP contribution in [0.25, 0.3) is 0 Å². The first-order valence-electron chi connectivity index (χ1n) is 4.88. The second kappa shape index (κ2) is 3.34. The molecule has 0 fully saturated rings. The summed E-state index contributed by atoms with van der Waals surface area (Å²) in [6.45, 7) is 0. The van der Waals surface area contributed by atoms with Gasteiger partial charge in [-0.15, -0.1) is 0 Å². The van der Waals surface area contributed by atoms with Crippen molar-refractivity contribution in [3.63, 3.8) is 0 Å². The van der Waals surface area contributed by atoms with Crippen LogP contribution >= 0.6 is 0 Å². The van der Waals surface area contributed by atoms with Crippen LogP contribution in [0.4, 0.5) is 5.69 Å². The summed E-state index contributed by atoms with van der Waals surface area (Å²) in [5.41, 5.74) is 1.10. The van der Waals surface area contributed by atoms with Crippen molar-refractivity contribution >= 4 is 11.6 Å². The van der Waals surface area contributed by atoms with Gasteiger partial charge in [0.15, 0.2) is 0 Å². The first-order valence-corrected chi connectivity index (χ1v) is 4.88. The minimum atomic E-state index is -0.178. The van der Waals surface area contributed by atoms with E-state index in [-0.39, 0.29) is 5.91 Å². The first kappa shape index (κ1) is 8.91. The number of aromatic nitrogens is 1. The lowest BCUT2D eigenvalue weighted by atomic mass is 10.2. The summed E-state index contributed by atoms with van der Waals surface area (Å²) >= 11 is 0. The molecule has 0 saturated heterocycles. The second-order valence-corrected chi connectivity index (χ2v) is 3.41. The molecule has 1 amide bonds. The number of ether oxygens (including phenoxy) is 1. The molecule has 0 spiro atoms. The fraction of sp³-hybridized carbons (Fsp3) is 0. The summed E-state index contributed by atoms with van der Waals surface area (Å²) in [4.78, 5) is 15.9. The van der Waals surface area contributed by atoms with Crippen LogP contribution in [0.3, 0.4) is 0 Å². The normalized spacial score (nSPS) is 12.9. The van der Waals surface area contributed by atoms with Gasteiger partial charge >= 0.3 is 0 Å². The molecule has 0 radical (unpaired) electrons. The Kier molecular flexibility index (Phi) is 1.86. The van der Waals surface area contributed by atoms with Crippen LogP contribution in [-0.2, 0) is 0 Å². The monoisotopic (exact) mass is 212 g/mol.